The molecule has 2 atom stereocenters. The van der Waals surface area contributed by atoms with Crippen LogP contribution in [0.1, 0.15) is 59.8 Å². The molecule has 3 heterocycles. The molecule has 0 aromatic carbocycles. The molecule has 1 fully saturated rings. The number of hydrogen-bond acceptors (Lipinski definition) is 7. The Balaban J connectivity index is 1.65. The van der Waals surface area contributed by atoms with Gasteiger partial charge in [-0.25, -0.2) is 9.97 Å². The van der Waals surface area contributed by atoms with E-state index in [2.05, 4.69) is 38.2 Å². The van der Waals surface area contributed by atoms with Gasteiger partial charge in [-0.15, -0.1) is 11.3 Å². The van der Waals surface area contributed by atoms with Crippen LogP contribution in [-0.4, -0.2) is 47.4 Å². The molecule has 32 heavy (non-hydrogen) atoms. The Morgan fingerprint density at radius 1 is 1.47 bits per heavy atom. The van der Waals surface area contributed by atoms with Crippen molar-refractivity contribution in [1.29, 1.82) is 5.26 Å². The molecule has 2 aromatic heterocycles. The first kappa shape index (κ1) is 22.4. The van der Waals surface area contributed by atoms with E-state index < -0.39 is 5.41 Å². The molecule has 1 saturated heterocycles. The average molecular weight is 452 g/mol. The minimum Gasteiger partial charge on any atom is -0.380 e. The van der Waals surface area contributed by atoms with Crippen molar-refractivity contribution in [2.75, 3.05) is 24.5 Å². The molecule has 2 aromatic rings. The lowest BCUT2D eigenvalue weighted by Gasteiger charge is -2.31. The van der Waals surface area contributed by atoms with E-state index in [-0.39, 0.29) is 23.6 Å². The predicted molar refractivity (Wildman–Crippen MR) is 126 cm³/mol. The number of nitrogens with one attached hydrogen (secondary N) is 1. The lowest BCUT2D eigenvalue weighted by Crippen LogP contribution is -2.38. The van der Waals surface area contributed by atoms with Crippen LogP contribution in [-0.2, 0) is 16.6 Å². The molecule has 0 radical (unpaired) electrons. The number of nitrogens with zero attached hydrogens (tertiary/aromatic N) is 5. The van der Waals surface area contributed by atoms with Gasteiger partial charge in [-0.05, 0) is 64.6 Å². The molecule has 0 saturated carbocycles. The number of amidine groups is 1. The highest BCUT2D eigenvalue weighted by molar-refractivity contribution is 7.12. The maximum absolute atomic E-state index is 13.4. The zero-order valence-electron chi connectivity index (χ0n) is 18.8. The summed E-state index contributed by atoms with van der Waals surface area (Å²) in [5.74, 6) is 0.702. The Kier molecular flexibility index (Phi) is 6.26. The molecule has 3 N–H and O–H groups in total. The fourth-order valence-electron chi connectivity index (χ4n) is 4.71. The van der Waals surface area contributed by atoms with Gasteiger partial charge in [0.25, 0.3) is 5.91 Å². The molecule has 2 aliphatic rings. The number of nitrogens with two attached hydrogens (primary N) is 1. The van der Waals surface area contributed by atoms with Crippen LogP contribution in [0.3, 0.4) is 0 Å². The molecule has 9 heteroatoms. The van der Waals surface area contributed by atoms with Gasteiger partial charge >= 0.3 is 0 Å². The SMILES string of the molecule is Cc1sc2c(c1C#N)[C@@](C)(C(=O)N=C(N)c1nccc(N3CCCNC[C@@H]3C)n1)CCC2. The smallest absolute Gasteiger partial charge is 0.258 e. The number of aliphatic imine (C=N–C) groups is 1. The van der Waals surface area contributed by atoms with Crippen LogP contribution in [0.4, 0.5) is 5.82 Å². The van der Waals surface area contributed by atoms with Gasteiger partial charge in [0.1, 0.15) is 11.9 Å². The molecule has 168 valence electrons. The van der Waals surface area contributed by atoms with Gasteiger partial charge < -0.3 is 16.0 Å². The highest BCUT2D eigenvalue weighted by Gasteiger charge is 2.43. The summed E-state index contributed by atoms with van der Waals surface area (Å²) >= 11 is 1.61. The molecule has 8 nitrogen and oxygen atoms in total. The Hall–Kier alpha value is -2.83. The van der Waals surface area contributed by atoms with Gasteiger partial charge in [0.2, 0.25) is 0 Å². The van der Waals surface area contributed by atoms with E-state index in [4.69, 9.17) is 5.73 Å². The fraction of sp³-hybridized carbons (Fsp3) is 0.522. The highest BCUT2D eigenvalue weighted by Crippen LogP contribution is 2.44. The number of fused-ring (bicyclic) bond motifs is 1. The molecule has 1 amide bonds. The van der Waals surface area contributed by atoms with Gasteiger partial charge in [0, 0.05) is 35.1 Å². The number of hydrogen-bond donors (Lipinski definition) is 2. The van der Waals surface area contributed by atoms with E-state index in [0.717, 1.165) is 60.0 Å². The number of nitriles is 1. The third-order valence-electron chi connectivity index (χ3n) is 6.48. The first-order valence-corrected chi connectivity index (χ1v) is 11.9. The quantitative estimate of drug-likeness (QED) is 0.543. The van der Waals surface area contributed by atoms with Crippen LogP contribution in [0.25, 0.3) is 0 Å². The number of amides is 1. The normalized spacial score (nSPS) is 23.9. The lowest BCUT2D eigenvalue weighted by molar-refractivity contribution is -0.123. The number of carbonyl (C=O) groups is 1. The van der Waals surface area contributed by atoms with Crippen molar-refractivity contribution in [2.24, 2.45) is 10.7 Å². The number of carbonyl (C=O) groups excluding carboxylic acids is 1. The number of rotatable bonds is 3. The summed E-state index contributed by atoms with van der Waals surface area (Å²) in [6, 6.07) is 4.44. The molecule has 1 aliphatic carbocycles. The molecule has 0 bridgehead atoms. The van der Waals surface area contributed by atoms with E-state index in [0.29, 0.717) is 12.0 Å². The van der Waals surface area contributed by atoms with Crippen LogP contribution in [0.2, 0.25) is 0 Å². The maximum Gasteiger partial charge on any atom is 0.258 e. The molecule has 0 spiro atoms. The second-order valence-electron chi connectivity index (χ2n) is 8.77. The summed E-state index contributed by atoms with van der Waals surface area (Å²) in [7, 11) is 0. The molecule has 0 unspecified atom stereocenters. The predicted octanol–water partition coefficient (Wildman–Crippen LogP) is 2.43. The first-order valence-electron chi connectivity index (χ1n) is 11.1. The second-order valence-corrected chi connectivity index (χ2v) is 10.1. The van der Waals surface area contributed by atoms with Crippen molar-refractivity contribution in [3.8, 4) is 6.07 Å². The summed E-state index contributed by atoms with van der Waals surface area (Å²) < 4.78 is 0. The van der Waals surface area contributed by atoms with Crippen molar-refractivity contribution in [3.63, 3.8) is 0 Å². The Morgan fingerprint density at radius 2 is 2.28 bits per heavy atom. The van der Waals surface area contributed by atoms with E-state index >= 15 is 0 Å². The second kappa shape index (κ2) is 8.96. The minimum absolute atomic E-state index is 0.0104. The van der Waals surface area contributed by atoms with Gasteiger partial charge in [0.05, 0.1) is 11.0 Å². The van der Waals surface area contributed by atoms with Crippen molar-refractivity contribution in [2.45, 2.75) is 57.9 Å². The summed E-state index contributed by atoms with van der Waals surface area (Å²) in [6.45, 7) is 8.70. The van der Waals surface area contributed by atoms with E-state index in [9.17, 15) is 10.1 Å². The van der Waals surface area contributed by atoms with Crippen LogP contribution < -0.4 is 16.0 Å². The van der Waals surface area contributed by atoms with Crippen LogP contribution in [0.5, 0.6) is 0 Å². The van der Waals surface area contributed by atoms with Crippen LogP contribution in [0, 0.1) is 18.3 Å². The number of thiophene rings is 1. The number of aromatic nitrogens is 2. The monoisotopic (exact) mass is 451 g/mol. The first-order chi connectivity index (χ1) is 15.3. The van der Waals surface area contributed by atoms with Crippen molar-refractivity contribution in [1.82, 2.24) is 15.3 Å². The molecular weight excluding hydrogens is 422 g/mol. The van der Waals surface area contributed by atoms with E-state index in [1.807, 2.05) is 19.9 Å². The van der Waals surface area contributed by atoms with Gasteiger partial charge in [-0.1, -0.05) is 0 Å². The van der Waals surface area contributed by atoms with E-state index in [1.54, 1.807) is 17.5 Å². The number of anilines is 1. The van der Waals surface area contributed by atoms with Gasteiger partial charge in [-0.3, -0.25) is 4.79 Å². The third-order valence-corrected chi connectivity index (χ3v) is 7.65. The van der Waals surface area contributed by atoms with Gasteiger partial charge in [-0.2, -0.15) is 10.3 Å². The topological polar surface area (TPSA) is 120 Å². The van der Waals surface area contributed by atoms with Crippen molar-refractivity contribution < 1.29 is 4.79 Å². The van der Waals surface area contributed by atoms with Crippen molar-refractivity contribution >= 4 is 28.9 Å². The summed E-state index contributed by atoms with van der Waals surface area (Å²) in [6.07, 6.45) is 5.08. The summed E-state index contributed by atoms with van der Waals surface area (Å²) in [5, 5.41) is 13.1. The Morgan fingerprint density at radius 3 is 3.06 bits per heavy atom. The highest BCUT2D eigenvalue weighted by atomic mass is 32.1. The van der Waals surface area contributed by atoms with Crippen LogP contribution >= 0.6 is 11.3 Å². The largest absolute Gasteiger partial charge is 0.380 e. The lowest BCUT2D eigenvalue weighted by atomic mass is 9.72. The molecule has 1 aliphatic heterocycles. The molecule has 4 rings (SSSR count). The van der Waals surface area contributed by atoms with Gasteiger partial charge in [0.15, 0.2) is 11.7 Å². The van der Waals surface area contributed by atoms with Crippen molar-refractivity contribution in [3.05, 3.63) is 39.0 Å². The zero-order valence-corrected chi connectivity index (χ0v) is 19.6. The maximum atomic E-state index is 13.4. The minimum atomic E-state index is -0.864. The molecular formula is C23H29N7OS. The number of aryl methyl sites for hydroxylation is 2. The third kappa shape index (κ3) is 4.00. The Bertz CT molecular complexity index is 1100. The average Bonchev–Trinajstić information content (AvgIpc) is 2.96. The fourth-order valence-corrected chi connectivity index (χ4v) is 6.00. The zero-order chi connectivity index (χ0) is 22.9. The van der Waals surface area contributed by atoms with Crippen LogP contribution in [0.15, 0.2) is 17.3 Å². The standard InChI is InChI=1S/C23H29N7OS/c1-14-13-26-9-5-11-30(14)18-7-10-27-21(28-18)20(25)29-22(31)23(3)8-4-6-17-19(23)16(12-24)15(2)32-17/h7,10,14,26H,4-6,8-9,11,13H2,1-3H3,(H2,25,29,31)/t14-,23-/m0/s1. The Labute approximate surface area is 192 Å². The summed E-state index contributed by atoms with van der Waals surface area (Å²) in [5.41, 5.74) is 6.80. The van der Waals surface area contributed by atoms with E-state index in [1.165, 1.54) is 0 Å². The summed E-state index contributed by atoms with van der Waals surface area (Å²) in [4.78, 5) is 30.8.